The molecule has 2 N–H and O–H groups in total. The van der Waals surface area contributed by atoms with Crippen LogP contribution in [0.15, 0.2) is 53.1 Å². The first-order valence-corrected chi connectivity index (χ1v) is 8.59. The lowest BCUT2D eigenvalue weighted by Crippen LogP contribution is -2.39. The van der Waals surface area contributed by atoms with Gasteiger partial charge in [-0.25, -0.2) is 0 Å². The molecule has 24 heavy (non-hydrogen) atoms. The average molecular weight is 329 g/mol. The van der Waals surface area contributed by atoms with Gasteiger partial charge < -0.3 is 14.8 Å². The highest BCUT2D eigenvalue weighted by Crippen LogP contribution is 2.27. The van der Waals surface area contributed by atoms with E-state index in [0.717, 1.165) is 12.0 Å². The fraction of sp³-hybridized carbons (Fsp3) is 0.450. The Morgan fingerprint density at radius 3 is 2.46 bits per heavy atom. The molecule has 4 atom stereocenters. The van der Waals surface area contributed by atoms with Crippen LogP contribution in [0.25, 0.3) is 0 Å². The van der Waals surface area contributed by atoms with Crippen molar-refractivity contribution in [1.82, 2.24) is 5.32 Å². The SMILES string of the molecule is CCC(C)C(C(=O)NC(C)CC(O)c1ccco1)c1ccccc1. The maximum absolute atomic E-state index is 12.8. The molecule has 4 heteroatoms. The summed E-state index contributed by atoms with van der Waals surface area (Å²) in [6.45, 7) is 6.10. The summed E-state index contributed by atoms with van der Waals surface area (Å²) in [5.41, 5.74) is 1.03. The van der Waals surface area contributed by atoms with E-state index in [4.69, 9.17) is 4.42 Å². The lowest BCUT2D eigenvalue weighted by molar-refractivity contribution is -0.124. The molecule has 0 aliphatic heterocycles. The van der Waals surface area contributed by atoms with E-state index in [-0.39, 0.29) is 23.8 Å². The summed E-state index contributed by atoms with van der Waals surface area (Å²) < 4.78 is 5.21. The molecule has 0 aliphatic carbocycles. The molecule has 0 radical (unpaired) electrons. The number of benzene rings is 1. The monoisotopic (exact) mass is 329 g/mol. The van der Waals surface area contributed by atoms with Crippen molar-refractivity contribution >= 4 is 5.91 Å². The highest BCUT2D eigenvalue weighted by molar-refractivity contribution is 5.84. The lowest BCUT2D eigenvalue weighted by Gasteiger charge is -2.25. The molecule has 0 saturated heterocycles. The van der Waals surface area contributed by atoms with Crippen LogP contribution >= 0.6 is 0 Å². The van der Waals surface area contributed by atoms with Gasteiger partial charge in [0.2, 0.25) is 5.91 Å². The number of hydrogen-bond acceptors (Lipinski definition) is 3. The van der Waals surface area contributed by atoms with Gasteiger partial charge in [0.1, 0.15) is 11.9 Å². The summed E-state index contributed by atoms with van der Waals surface area (Å²) in [5.74, 6) is 0.598. The summed E-state index contributed by atoms with van der Waals surface area (Å²) >= 11 is 0. The molecule has 4 unspecified atom stereocenters. The topological polar surface area (TPSA) is 62.5 Å². The fourth-order valence-electron chi connectivity index (χ4n) is 2.96. The molecule has 1 aromatic carbocycles. The van der Waals surface area contributed by atoms with E-state index in [9.17, 15) is 9.90 Å². The van der Waals surface area contributed by atoms with Crippen LogP contribution in [0, 0.1) is 5.92 Å². The van der Waals surface area contributed by atoms with E-state index in [1.165, 1.54) is 6.26 Å². The van der Waals surface area contributed by atoms with Gasteiger partial charge in [-0.2, -0.15) is 0 Å². The van der Waals surface area contributed by atoms with E-state index in [1.807, 2.05) is 37.3 Å². The zero-order chi connectivity index (χ0) is 17.5. The Morgan fingerprint density at radius 1 is 1.17 bits per heavy atom. The molecule has 2 rings (SSSR count). The van der Waals surface area contributed by atoms with Crippen molar-refractivity contribution in [1.29, 1.82) is 0 Å². The molecule has 2 aromatic rings. The molecule has 130 valence electrons. The molecule has 1 amide bonds. The van der Waals surface area contributed by atoms with Crippen molar-refractivity contribution in [3.63, 3.8) is 0 Å². The van der Waals surface area contributed by atoms with E-state index in [2.05, 4.69) is 19.2 Å². The van der Waals surface area contributed by atoms with Crippen LogP contribution in [0.4, 0.5) is 0 Å². The summed E-state index contributed by atoms with van der Waals surface area (Å²) in [7, 11) is 0. The van der Waals surface area contributed by atoms with Crippen LogP contribution in [0.2, 0.25) is 0 Å². The van der Waals surface area contributed by atoms with Crippen molar-refractivity contribution in [2.24, 2.45) is 5.92 Å². The zero-order valence-electron chi connectivity index (χ0n) is 14.6. The third kappa shape index (κ3) is 4.71. The van der Waals surface area contributed by atoms with Crippen molar-refractivity contribution in [3.05, 3.63) is 60.1 Å². The van der Waals surface area contributed by atoms with E-state index < -0.39 is 6.10 Å². The Bertz CT molecular complexity index is 609. The van der Waals surface area contributed by atoms with Crippen molar-refractivity contribution in [2.45, 2.75) is 51.7 Å². The van der Waals surface area contributed by atoms with Crippen LogP contribution in [-0.4, -0.2) is 17.1 Å². The van der Waals surface area contributed by atoms with Gasteiger partial charge in [0.15, 0.2) is 0 Å². The number of carbonyl (C=O) groups is 1. The minimum atomic E-state index is -0.714. The molecule has 1 heterocycles. The molecule has 4 nitrogen and oxygen atoms in total. The van der Waals surface area contributed by atoms with Gasteiger partial charge in [0, 0.05) is 12.5 Å². The number of amides is 1. The Labute approximate surface area is 143 Å². The second-order valence-electron chi connectivity index (χ2n) is 6.45. The van der Waals surface area contributed by atoms with Gasteiger partial charge in [0.05, 0.1) is 12.2 Å². The quantitative estimate of drug-likeness (QED) is 0.768. The van der Waals surface area contributed by atoms with Crippen LogP contribution in [0.3, 0.4) is 0 Å². The Balaban J connectivity index is 2.02. The van der Waals surface area contributed by atoms with Gasteiger partial charge in [-0.15, -0.1) is 0 Å². The number of carbonyl (C=O) groups excluding carboxylic acids is 1. The average Bonchev–Trinajstić information content (AvgIpc) is 3.10. The van der Waals surface area contributed by atoms with Gasteiger partial charge in [-0.3, -0.25) is 4.79 Å². The minimum Gasteiger partial charge on any atom is -0.467 e. The van der Waals surface area contributed by atoms with Crippen molar-refractivity contribution in [3.8, 4) is 0 Å². The number of aliphatic hydroxyl groups excluding tert-OH is 1. The number of nitrogens with one attached hydrogen (secondary N) is 1. The van der Waals surface area contributed by atoms with Crippen LogP contribution in [0.1, 0.15) is 57.0 Å². The van der Waals surface area contributed by atoms with Gasteiger partial charge in [-0.05, 0) is 30.5 Å². The summed E-state index contributed by atoms with van der Waals surface area (Å²) in [5, 5.41) is 13.2. The molecular formula is C20H27NO3. The molecule has 0 saturated carbocycles. The molecule has 1 aromatic heterocycles. The van der Waals surface area contributed by atoms with Crippen LogP contribution in [0.5, 0.6) is 0 Å². The second-order valence-corrected chi connectivity index (χ2v) is 6.45. The summed E-state index contributed by atoms with van der Waals surface area (Å²) in [6, 6.07) is 13.2. The van der Waals surface area contributed by atoms with Gasteiger partial charge in [-0.1, -0.05) is 50.6 Å². The molecule has 0 spiro atoms. The van der Waals surface area contributed by atoms with Crippen molar-refractivity contribution in [2.75, 3.05) is 0 Å². The zero-order valence-corrected chi connectivity index (χ0v) is 14.6. The summed E-state index contributed by atoms with van der Waals surface area (Å²) in [6.07, 6.45) is 2.17. The number of furan rings is 1. The standard InChI is InChI=1S/C20H27NO3/c1-4-14(2)19(16-9-6-5-7-10-16)20(23)21-15(3)13-17(22)18-11-8-12-24-18/h5-12,14-15,17,19,22H,4,13H2,1-3H3,(H,21,23). The third-order valence-corrected chi connectivity index (χ3v) is 4.49. The smallest absolute Gasteiger partial charge is 0.228 e. The predicted molar refractivity (Wildman–Crippen MR) is 94.5 cm³/mol. The Morgan fingerprint density at radius 2 is 1.88 bits per heavy atom. The molecule has 0 aliphatic rings. The highest BCUT2D eigenvalue weighted by Gasteiger charge is 2.27. The second kappa shape index (κ2) is 8.69. The van der Waals surface area contributed by atoms with Gasteiger partial charge in [0.25, 0.3) is 0 Å². The van der Waals surface area contributed by atoms with Gasteiger partial charge >= 0.3 is 0 Å². The largest absolute Gasteiger partial charge is 0.467 e. The third-order valence-electron chi connectivity index (χ3n) is 4.49. The Kier molecular flexibility index (Phi) is 6.62. The molecule has 0 fully saturated rings. The predicted octanol–water partition coefficient (Wildman–Crippen LogP) is 4.04. The molecular weight excluding hydrogens is 302 g/mol. The Hall–Kier alpha value is -2.07. The number of hydrogen-bond donors (Lipinski definition) is 2. The minimum absolute atomic E-state index is 0.00898. The first kappa shape index (κ1) is 18.3. The maximum atomic E-state index is 12.8. The first-order valence-electron chi connectivity index (χ1n) is 8.59. The lowest BCUT2D eigenvalue weighted by atomic mass is 9.84. The van der Waals surface area contributed by atoms with Crippen LogP contribution in [-0.2, 0) is 4.79 Å². The van der Waals surface area contributed by atoms with Crippen molar-refractivity contribution < 1.29 is 14.3 Å². The number of rotatable bonds is 8. The normalized spacial score (nSPS) is 16.2. The van der Waals surface area contributed by atoms with E-state index >= 15 is 0 Å². The summed E-state index contributed by atoms with van der Waals surface area (Å²) in [4.78, 5) is 12.8. The van der Waals surface area contributed by atoms with Crippen LogP contribution < -0.4 is 5.32 Å². The number of aliphatic hydroxyl groups is 1. The first-order chi connectivity index (χ1) is 11.5. The maximum Gasteiger partial charge on any atom is 0.228 e. The molecule has 0 bridgehead atoms. The van der Waals surface area contributed by atoms with E-state index in [0.29, 0.717) is 12.2 Å². The fourth-order valence-corrected chi connectivity index (χ4v) is 2.96. The van der Waals surface area contributed by atoms with E-state index in [1.54, 1.807) is 12.1 Å². The highest BCUT2D eigenvalue weighted by atomic mass is 16.4.